The molecule has 1 heterocycles. The molecule has 0 spiro atoms. The van der Waals surface area contributed by atoms with Crippen LogP contribution >= 0.6 is 11.6 Å². The molecule has 33 heavy (non-hydrogen) atoms. The fourth-order valence-corrected chi connectivity index (χ4v) is 4.33. The Morgan fingerprint density at radius 1 is 1.12 bits per heavy atom. The van der Waals surface area contributed by atoms with E-state index in [1.807, 2.05) is 24.8 Å². The SMILES string of the molecule is CCCCCCN(C(=O)CC)C(CC)c1nc2ccccc2c(=O)n1-c1ccc(F)c(Cl)c1. The van der Waals surface area contributed by atoms with E-state index in [1.54, 1.807) is 18.2 Å². The Labute approximate surface area is 199 Å². The fourth-order valence-electron chi connectivity index (χ4n) is 4.16. The molecular formula is C26H31ClFN3O2. The van der Waals surface area contributed by atoms with Crippen LogP contribution in [0, 0.1) is 5.82 Å². The van der Waals surface area contributed by atoms with Crippen LogP contribution in [-0.4, -0.2) is 26.9 Å². The van der Waals surface area contributed by atoms with Gasteiger partial charge in [0.2, 0.25) is 5.91 Å². The van der Waals surface area contributed by atoms with Gasteiger partial charge in [0.05, 0.1) is 27.7 Å². The van der Waals surface area contributed by atoms with Gasteiger partial charge in [0.15, 0.2) is 0 Å². The number of halogens is 2. The third kappa shape index (κ3) is 5.44. The molecule has 0 bridgehead atoms. The molecule has 1 atom stereocenters. The van der Waals surface area contributed by atoms with Crippen molar-refractivity contribution < 1.29 is 9.18 Å². The molecule has 7 heteroatoms. The van der Waals surface area contributed by atoms with Crippen molar-refractivity contribution in [3.8, 4) is 5.69 Å². The number of hydrogen-bond donors (Lipinski definition) is 0. The molecule has 1 aromatic heterocycles. The number of aromatic nitrogens is 2. The summed E-state index contributed by atoms with van der Waals surface area (Å²) in [5.74, 6) is -0.0832. The molecule has 0 radical (unpaired) electrons. The summed E-state index contributed by atoms with van der Waals surface area (Å²) >= 11 is 6.06. The quantitative estimate of drug-likeness (QED) is 0.319. The van der Waals surface area contributed by atoms with Gasteiger partial charge in [-0.3, -0.25) is 14.2 Å². The number of para-hydroxylation sites is 1. The Hall–Kier alpha value is -2.73. The minimum atomic E-state index is -0.561. The Bertz CT molecular complexity index is 1180. The summed E-state index contributed by atoms with van der Waals surface area (Å²) in [5.41, 5.74) is 0.717. The molecule has 0 aliphatic heterocycles. The number of carbonyl (C=O) groups excluding carboxylic acids is 1. The summed E-state index contributed by atoms with van der Waals surface area (Å²) < 4.78 is 15.4. The molecule has 2 aromatic carbocycles. The van der Waals surface area contributed by atoms with E-state index in [9.17, 15) is 14.0 Å². The van der Waals surface area contributed by atoms with Crippen LogP contribution in [-0.2, 0) is 4.79 Å². The van der Waals surface area contributed by atoms with Crippen LogP contribution in [0.15, 0.2) is 47.3 Å². The molecule has 176 valence electrons. The van der Waals surface area contributed by atoms with E-state index in [0.717, 1.165) is 25.7 Å². The Morgan fingerprint density at radius 3 is 2.55 bits per heavy atom. The van der Waals surface area contributed by atoms with Gasteiger partial charge in [0.1, 0.15) is 11.6 Å². The van der Waals surface area contributed by atoms with Crippen molar-refractivity contribution in [2.24, 2.45) is 0 Å². The number of carbonyl (C=O) groups is 1. The molecule has 5 nitrogen and oxygen atoms in total. The number of amides is 1. The minimum Gasteiger partial charge on any atom is -0.333 e. The van der Waals surface area contributed by atoms with Crippen LogP contribution in [0.4, 0.5) is 4.39 Å². The molecule has 1 unspecified atom stereocenters. The van der Waals surface area contributed by atoms with Crippen LogP contribution in [0.25, 0.3) is 16.6 Å². The lowest BCUT2D eigenvalue weighted by molar-refractivity contribution is -0.133. The first-order valence-corrected chi connectivity index (χ1v) is 12.1. The maximum Gasteiger partial charge on any atom is 0.266 e. The second kappa shape index (κ2) is 11.4. The first-order chi connectivity index (χ1) is 15.9. The highest BCUT2D eigenvalue weighted by Crippen LogP contribution is 2.28. The highest BCUT2D eigenvalue weighted by molar-refractivity contribution is 6.30. The molecule has 0 aliphatic rings. The van der Waals surface area contributed by atoms with Crippen LogP contribution in [0.5, 0.6) is 0 Å². The Kier molecular flexibility index (Phi) is 8.61. The van der Waals surface area contributed by atoms with Gasteiger partial charge >= 0.3 is 0 Å². The van der Waals surface area contributed by atoms with Gasteiger partial charge in [0.25, 0.3) is 5.56 Å². The minimum absolute atomic E-state index is 0.0180. The number of rotatable bonds is 10. The normalized spacial score (nSPS) is 12.2. The van der Waals surface area contributed by atoms with Crippen molar-refractivity contribution >= 4 is 28.4 Å². The monoisotopic (exact) mass is 471 g/mol. The lowest BCUT2D eigenvalue weighted by Crippen LogP contribution is -2.38. The maximum absolute atomic E-state index is 13.9. The Morgan fingerprint density at radius 2 is 1.88 bits per heavy atom. The fraction of sp³-hybridized carbons (Fsp3) is 0.423. The zero-order chi connectivity index (χ0) is 24.0. The van der Waals surface area contributed by atoms with E-state index in [0.29, 0.717) is 41.8 Å². The third-order valence-corrected chi connectivity index (χ3v) is 6.19. The lowest BCUT2D eigenvalue weighted by atomic mass is 10.1. The van der Waals surface area contributed by atoms with Gasteiger partial charge in [-0.25, -0.2) is 9.37 Å². The van der Waals surface area contributed by atoms with Crippen LogP contribution in [0.2, 0.25) is 5.02 Å². The standard InChI is InChI=1S/C26H31ClFN3O2/c1-4-7-8-11-16-30(24(32)6-3)23(5-2)25-29-22-13-10-9-12-19(22)26(33)31(25)18-14-15-21(28)20(27)17-18/h9-10,12-15,17,23H,4-8,11,16H2,1-3H3. The van der Waals surface area contributed by atoms with Crippen molar-refractivity contribution in [2.45, 2.75) is 65.3 Å². The van der Waals surface area contributed by atoms with Gasteiger partial charge in [0, 0.05) is 13.0 Å². The number of benzene rings is 2. The summed E-state index contributed by atoms with van der Waals surface area (Å²) in [6.45, 7) is 6.57. The van der Waals surface area contributed by atoms with Crippen LogP contribution < -0.4 is 5.56 Å². The molecule has 3 rings (SSSR count). The van der Waals surface area contributed by atoms with Gasteiger partial charge in [-0.1, -0.05) is 63.8 Å². The topological polar surface area (TPSA) is 55.2 Å². The summed E-state index contributed by atoms with van der Waals surface area (Å²) in [5, 5.41) is 0.375. The summed E-state index contributed by atoms with van der Waals surface area (Å²) in [4.78, 5) is 33.3. The highest BCUT2D eigenvalue weighted by Gasteiger charge is 2.28. The van der Waals surface area contributed by atoms with Gasteiger partial charge in [-0.05, 0) is 43.2 Å². The summed E-state index contributed by atoms with van der Waals surface area (Å²) in [6, 6.07) is 10.9. The van der Waals surface area contributed by atoms with Crippen molar-refractivity contribution in [2.75, 3.05) is 6.54 Å². The number of fused-ring (bicyclic) bond motifs is 1. The van der Waals surface area contributed by atoms with E-state index in [1.165, 1.54) is 22.8 Å². The molecular weight excluding hydrogens is 441 g/mol. The molecule has 3 aromatic rings. The number of hydrogen-bond acceptors (Lipinski definition) is 3. The lowest BCUT2D eigenvalue weighted by Gasteiger charge is -2.32. The average molecular weight is 472 g/mol. The summed E-state index contributed by atoms with van der Waals surface area (Å²) in [7, 11) is 0. The first kappa shape index (κ1) is 24.9. The van der Waals surface area contributed by atoms with E-state index in [2.05, 4.69) is 6.92 Å². The van der Waals surface area contributed by atoms with Crippen LogP contribution in [0.3, 0.4) is 0 Å². The van der Waals surface area contributed by atoms with E-state index in [4.69, 9.17) is 16.6 Å². The summed E-state index contributed by atoms with van der Waals surface area (Å²) in [6.07, 6.45) is 5.08. The van der Waals surface area contributed by atoms with E-state index >= 15 is 0 Å². The van der Waals surface area contributed by atoms with E-state index < -0.39 is 11.9 Å². The molecule has 0 N–H and O–H groups in total. The largest absolute Gasteiger partial charge is 0.333 e. The third-order valence-electron chi connectivity index (χ3n) is 5.90. The first-order valence-electron chi connectivity index (χ1n) is 11.7. The second-order valence-corrected chi connectivity index (χ2v) is 8.56. The van der Waals surface area contributed by atoms with Crippen molar-refractivity contribution in [1.29, 1.82) is 0 Å². The van der Waals surface area contributed by atoms with Crippen molar-refractivity contribution in [3.63, 3.8) is 0 Å². The molecule has 0 saturated heterocycles. The predicted octanol–water partition coefficient (Wildman–Crippen LogP) is 6.45. The van der Waals surface area contributed by atoms with Crippen molar-refractivity contribution in [3.05, 3.63) is 69.5 Å². The highest BCUT2D eigenvalue weighted by atomic mass is 35.5. The number of nitrogens with zero attached hydrogens (tertiary/aromatic N) is 3. The van der Waals surface area contributed by atoms with Crippen LogP contribution in [0.1, 0.15) is 71.2 Å². The predicted molar refractivity (Wildman–Crippen MR) is 131 cm³/mol. The second-order valence-electron chi connectivity index (χ2n) is 8.15. The zero-order valence-electron chi connectivity index (χ0n) is 19.5. The van der Waals surface area contributed by atoms with Crippen molar-refractivity contribution in [1.82, 2.24) is 14.5 Å². The molecule has 0 aliphatic carbocycles. The number of unbranched alkanes of at least 4 members (excludes halogenated alkanes) is 3. The van der Waals surface area contributed by atoms with Gasteiger partial charge in [-0.2, -0.15) is 0 Å². The Balaban J connectivity index is 2.21. The molecule has 1 amide bonds. The van der Waals surface area contributed by atoms with Gasteiger partial charge in [-0.15, -0.1) is 0 Å². The maximum atomic E-state index is 13.9. The van der Waals surface area contributed by atoms with Gasteiger partial charge < -0.3 is 4.90 Å². The molecule has 0 fully saturated rings. The molecule has 0 saturated carbocycles. The smallest absolute Gasteiger partial charge is 0.266 e. The average Bonchev–Trinajstić information content (AvgIpc) is 2.82. The zero-order valence-corrected chi connectivity index (χ0v) is 20.2. The van der Waals surface area contributed by atoms with E-state index in [-0.39, 0.29) is 16.5 Å².